The molecule has 0 bridgehead atoms. The average molecular weight is 459 g/mol. The number of benzene rings is 2. The first-order chi connectivity index (χ1) is 14.5. The lowest BCUT2D eigenvalue weighted by molar-refractivity contribution is -0.192. The number of alkyl halides is 3. The van der Waals surface area contributed by atoms with Gasteiger partial charge in [0.15, 0.2) is 0 Å². The Morgan fingerprint density at radius 2 is 1.61 bits per heavy atom. The number of hydrogen-bond donors (Lipinski definition) is 2. The van der Waals surface area contributed by atoms with E-state index in [4.69, 9.17) is 27.2 Å². The summed E-state index contributed by atoms with van der Waals surface area (Å²) in [4.78, 5) is 13.3. The standard InChI is InChI=1S/C19H15ClF2N2.C2HF3O2/c20-14-5-3-13(4-6-14)17-2-1-7-24-19(17)18(23)10-12-8-15(21)11-16(22)9-12;3-2(4,5)1(6)7/h1-9,11,18H,10,23H2;(H,6,7)/t18-;/m0./s1. The fourth-order valence-electron chi connectivity index (χ4n) is 2.67. The minimum Gasteiger partial charge on any atom is -0.475 e. The summed E-state index contributed by atoms with van der Waals surface area (Å²) in [6.07, 6.45) is -3.15. The molecule has 1 aromatic heterocycles. The summed E-state index contributed by atoms with van der Waals surface area (Å²) in [5.41, 5.74) is 9.23. The van der Waals surface area contributed by atoms with Crippen molar-refractivity contribution in [3.8, 4) is 11.1 Å². The average Bonchev–Trinajstić information content (AvgIpc) is 2.67. The third-order valence-corrected chi connectivity index (χ3v) is 4.22. The van der Waals surface area contributed by atoms with E-state index in [0.29, 0.717) is 16.3 Å². The Balaban J connectivity index is 0.000000423. The second kappa shape index (κ2) is 10.3. The number of aliphatic carboxylic acids is 1. The van der Waals surface area contributed by atoms with Gasteiger partial charge in [-0.05, 0) is 47.9 Å². The summed E-state index contributed by atoms with van der Waals surface area (Å²) >= 11 is 5.93. The number of carboxylic acid groups (broad SMARTS) is 1. The van der Waals surface area contributed by atoms with Crippen LogP contribution in [0, 0.1) is 11.6 Å². The van der Waals surface area contributed by atoms with E-state index in [1.54, 1.807) is 18.3 Å². The first kappa shape index (κ1) is 24.2. The second-order valence-corrected chi connectivity index (χ2v) is 6.77. The van der Waals surface area contributed by atoms with Crippen molar-refractivity contribution < 1.29 is 31.9 Å². The summed E-state index contributed by atoms with van der Waals surface area (Å²) in [6, 6.07) is 14.0. The van der Waals surface area contributed by atoms with Crippen molar-refractivity contribution in [1.29, 1.82) is 0 Å². The molecule has 0 spiro atoms. The maximum Gasteiger partial charge on any atom is 0.490 e. The molecule has 0 aliphatic heterocycles. The fourth-order valence-corrected chi connectivity index (χ4v) is 2.79. The summed E-state index contributed by atoms with van der Waals surface area (Å²) in [5.74, 6) is -3.99. The van der Waals surface area contributed by atoms with Crippen molar-refractivity contribution in [3.05, 3.63) is 88.7 Å². The van der Waals surface area contributed by atoms with Gasteiger partial charge in [0.1, 0.15) is 11.6 Å². The second-order valence-electron chi connectivity index (χ2n) is 6.33. The quantitative estimate of drug-likeness (QED) is 0.502. The van der Waals surface area contributed by atoms with E-state index in [0.717, 1.165) is 17.2 Å². The van der Waals surface area contributed by atoms with Gasteiger partial charge in [0, 0.05) is 22.8 Å². The SMILES string of the molecule is N[C@@H](Cc1cc(F)cc(F)c1)c1ncccc1-c1ccc(Cl)cc1.O=C(O)C(F)(F)F. The monoisotopic (exact) mass is 458 g/mol. The number of rotatable bonds is 4. The summed E-state index contributed by atoms with van der Waals surface area (Å²) in [5, 5.41) is 7.77. The predicted molar refractivity (Wildman–Crippen MR) is 105 cm³/mol. The molecule has 0 aliphatic carbocycles. The number of nitrogens with two attached hydrogens (primary N) is 1. The minimum atomic E-state index is -5.08. The van der Waals surface area contributed by atoms with Crippen LogP contribution in [0.4, 0.5) is 22.0 Å². The highest BCUT2D eigenvalue weighted by atomic mass is 35.5. The van der Waals surface area contributed by atoms with Crippen LogP contribution in [0.1, 0.15) is 17.3 Å². The lowest BCUT2D eigenvalue weighted by atomic mass is 9.96. The molecule has 0 fully saturated rings. The summed E-state index contributed by atoms with van der Waals surface area (Å²) < 4.78 is 58.4. The van der Waals surface area contributed by atoms with Crippen molar-refractivity contribution >= 4 is 17.6 Å². The Bertz CT molecular complexity index is 1020. The topological polar surface area (TPSA) is 76.2 Å². The van der Waals surface area contributed by atoms with Crippen LogP contribution in [0.3, 0.4) is 0 Å². The van der Waals surface area contributed by atoms with Gasteiger partial charge in [-0.3, -0.25) is 4.98 Å². The molecule has 0 saturated heterocycles. The van der Waals surface area contributed by atoms with Crippen molar-refractivity contribution in [2.75, 3.05) is 0 Å². The van der Waals surface area contributed by atoms with E-state index < -0.39 is 29.8 Å². The predicted octanol–water partition coefficient (Wildman–Crippen LogP) is 5.56. The number of hydrogen-bond acceptors (Lipinski definition) is 3. The number of carboxylic acids is 1. The van der Waals surface area contributed by atoms with Gasteiger partial charge in [0.25, 0.3) is 0 Å². The zero-order chi connectivity index (χ0) is 23.2. The maximum absolute atomic E-state index is 13.4. The van der Waals surface area contributed by atoms with Crippen molar-refractivity contribution in [2.45, 2.75) is 18.6 Å². The molecule has 1 atom stereocenters. The van der Waals surface area contributed by atoms with Crippen LogP contribution in [-0.4, -0.2) is 22.2 Å². The molecule has 0 saturated carbocycles. The van der Waals surface area contributed by atoms with Crippen LogP contribution in [-0.2, 0) is 11.2 Å². The lowest BCUT2D eigenvalue weighted by Gasteiger charge is -2.16. The fraction of sp³-hybridized carbons (Fsp3) is 0.143. The zero-order valence-electron chi connectivity index (χ0n) is 15.7. The third kappa shape index (κ3) is 7.30. The van der Waals surface area contributed by atoms with Crippen molar-refractivity contribution in [1.82, 2.24) is 4.98 Å². The van der Waals surface area contributed by atoms with Crippen molar-refractivity contribution in [3.63, 3.8) is 0 Å². The van der Waals surface area contributed by atoms with Gasteiger partial charge in [-0.2, -0.15) is 13.2 Å². The van der Waals surface area contributed by atoms with Crippen molar-refractivity contribution in [2.24, 2.45) is 5.73 Å². The van der Waals surface area contributed by atoms with Gasteiger partial charge < -0.3 is 10.8 Å². The largest absolute Gasteiger partial charge is 0.490 e. The molecule has 0 aliphatic rings. The summed E-state index contributed by atoms with van der Waals surface area (Å²) in [6.45, 7) is 0. The molecule has 0 radical (unpaired) electrons. The smallest absolute Gasteiger partial charge is 0.475 e. The van der Waals surface area contributed by atoms with Gasteiger partial charge in [0.2, 0.25) is 0 Å². The normalized spacial score (nSPS) is 12.0. The van der Waals surface area contributed by atoms with Crippen LogP contribution in [0.2, 0.25) is 5.02 Å². The molecular weight excluding hydrogens is 443 g/mol. The number of carbonyl (C=O) groups is 1. The van der Waals surface area contributed by atoms with E-state index in [1.807, 2.05) is 24.3 Å². The summed E-state index contributed by atoms with van der Waals surface area (Å²) in [7, 11) is 0. The molecule has 1 heterocycles. The Hall–Kier alpha value is -3.04. The first-order valence-corrected chi connectivity index (χ1v) is 9.06. The lowest BCUT2D eigenvalue weighted by Crippen LogP contribution is -2.21. The van der Waals surface area contributed by atoms with Crippen LogP contribution in [0.5, 0.6) is 0 Å². The molecule has 0 amide bonds. The Morgan fingerprint density at radius 1 is 1.06 bits per heavy atom. The molecule has 2 aromatic carbocycles. The number of halogens is 6. The molecule has 3 aromatic rings. The van der Waals surface area contributed by atoms with E-state index in [-0.39, 0.29) is 6.42 Å². The first-order valence-electron chi connectivity index (χ1n) is 8.69. The number of pyridine rings is 1. The third-order valence-electron chi connectivity index (χ3n) is 3.97. The molecule has 164 valence electrons. The number of aromatic nitrogens is 1. The highest BCUT2D eigenvalue weighted by Gasteiger charge is 2.38. The minimum absolute atomic E-state index is 0.284. The van der Waals surface area contributed by atoms with Gasteiger partial charge in [-0.1, -0.05) is 29.8 Å². The molecule has 10 heteroatoms. The van der Waals surface area contributed by atoms with Gasteiger partial charge in [-0.15, -0.1) is 0 Å². The molecule has 4 nitrogen and oxygen atoms in total. The van der Waals surface area contributed by atoms with Gasteiger partial charge in [-0.25, -0.2) is 13.6 Å². The Morgan fingerprint density at radius 3 is 2.13 bits per heavy atom. The van der Waals surface area contributed by atoms with Crippen LogP contribution in [0.25, 0.3) is 11.1 Å². The molecule has 3 rings (SSSR count). The van der Waals surface area contributed by atoms with Crippen LogP contribution < -0.4 is 5.73 Å². The van der Waals surface area contributed by atoms with E-state index in [1.165, 1.54) is 12.1 Å². The van der Waals surface area contributed by atoms with E-state index >= 15 is 0 Å². The van der Waals surface area contributed by atoms with E-state index in [9.17, 15) is 22.0 Å². The number of nitrogens with zero attached hydrogens (tertiary/aromatic N) is 1. The molecule has 0 unspecified atom stereocenters. The molecular formula is C21H16ClF5N2O2. The Kier molecular flexibility index (Phi) is 8.07. The maximum atomic E-state index is 13.4. The van der Waals surface area contributed by atoms with Gasteiger partial charge in [0.05, 0.1) is 11.7 Å². The molecule has 31 heavy (non-hydrogen) atoms. The highest BCUT2D eigenvalue weighted by Crippen LogP contribution is 2.28. The van der Waals surface area contributed by atoms with Crippen LogP contribution in [0.15, 0.2) is 60.8 Å². The highest BCUT2D eigenvalue weighted by molar-refractivity contribution is 6.30. The zero-order valence-corrected chi connectivity index (χ0v) is 16.5. The van der Waals surface area contributed by atoms with Gasteiger partial charge >= 0.3 is 12.1 Å². The Labute approximate surface area is 179 Å². The van der Waals surface area contributed by atoms with Crippen LogP contribution >= 0.6 is 11.6 Å². The molecule has 3 N–H and O–H groups in total. The van der Waals surface area contributed by atoms with E-state index in [2.05, 4.69) is 4.98 Å².